The van der Waals surface area contributed by atoms with E-state index in [1.165, 1.54) is 5.56 Å². The molecular formula is C19H21N2NaO2. The third-order valence-electron chi connectivity index (χ3n) is 3.74. The number of carbonyl (C=O) groups is 1. The van der Waals surface area contributed by atoms with Gasteiger partial charge < -0.3 is 15.6 Å². The summed E-state index contributed by atoms with van der Waals surface area (Å²) in [7, 11) is 0. The molecule has 0 radical (unpaired) electrons. The molecule has 5 heteroatoms. The van der Waals surface area contributed by atoms with Gasteiger partial charge in [0.2, 0.25) is 0 Å². The quantitative estimate of drug-likeness (QED) is 0.696. The predicted octanol–water partition coefficient (Wildman–Crippen LogP) is -0.892. The summed E-state index contributed by atoms with van der Waals surface area (Å²) in [5.74, 6) is -0.789. The van der Waals surface area contributed by atoms with E-state index >= 15 is 0 Å². The minimum atomic E-state index is -1.25. The fourth-order valence-electron chi connectivity index (χ4n) is 2.31. The van der Waals surface area contributed by atoms with E-state index in [0.717, 1.165) is 16.7 Å². The number of benzene rings is 1. The molecular weight excluding hydrogens is 311 g/mol. The Morgan fingerprint density at radius 1 is 1.21 bits per heavy atom. The first-order valence-electron chi connectivity index (χ1n) is 7.66. The number of aromatic nitrogens is 1. The van der Waals surface area contributed by atoms with E-state index in [4.69, 9.17) is 5.73 Å². The van der Waals surface area contributed by atoms with Crippen molar-refractivity contribution in [2.75, 3.05) is 0 Å². The van der Waals surface area contributed by atoms with Crippen molar-refractivity contribution in [1.82, 2.24) is 4.98 Å². The van der Waals surface area contributed by atoms with Crippen LogP contribution in [0.2, 0.25) is 0 Å². The summed E-state index contributed by atoms with van der Waals surface area (Å²) in [5, 5.41) is 10.8. The van der Waals surface area contributed by atoms with Crippen LogP contribution in [0, 0.1) is 0 Å². The van der Waals surface area contributed by atoms with E-state index in [1.54, 1.807) is 12.4 Å². The zero-order valence-corrected chi connectivity index (χ0v) is 16.4. The maximum atomic E-state index is 10.8. The van der Waals surface area contributed by atoms with Gasteiger partial charge in [-0.05, 0) is 35.1 Å². The molecule has 0 aliphatic rings. The Bertz CT molecular complexity index is 682. The number of carboxylic acids is 1. The molecule has 0 spiro atoms. The van der Waals surface area contributed by atoms with Crippen molar-refractivity contribution in [3.05, 3.63) is 71.6 Å². The summed E-state index contributed by atoms with van der Waals surface area (Å²) in [5.41, 5.74) is 9.67. The SMILES string of the molecule is CC(C)c1ccc(/C(=C/CC(N)C(=O)[O-])c2cccnc2)cc1.[Na+]. The number of hydrogen-bond donors (Lipinski definition) is 1. The van der Waals surface area contributed by atoms with Crippen molar-refractivity contribution in [3.63, 3.8) is 0 Å². The maximum Gasteiger partial charge on any atom is 1.00 e. The fraction of sp³-hybridized carbons (Fsp3) is 0.263. The molecule has 0 aliphatic carbocycles. The Labute approximate surface area is 165 Å². The van der Waals surface area contributed by atoms with E-state index in [2.05, 4.69) is 31.0 Å². The number of carbonyl (C=O) groups excluding carboxylic acids is 1. The van der Waals surface area contributed by atoms with Crippen LogP contribution in [0.1, 0.15) is 42.9 Å². The van der Waals surface area contributed by atoms with Gasteiger partial charge in [-0.3, -0.25) is 4.98 Å². The Balaban J connectivity index is 0.00000288. The minimum absolute atomic E-state index is 0. The first kappa shape index (κ1) is 20.6. The van der Waals surface area contributed by atoms with Gasteiger partial charge >= 0.3 is 29.6 Å². The van der Waals surface area contributed by atoms with E-state index in [-0.39, 0.29) is 36.0 Å². The van der Waals surface area contributed by atoms with E-state index in [0.29, 0.717) is 5.92 Å². The first-order valence-corrected chi connectivity index (χ1v) is 7.66. The van der Waals surface area contributed by atoms with Crippen LogP contribution >= 0.6 is 0 Å². The first-order chi connectivity index (χ1) is 11.0. The van der Waals surface area contributed by atoms with Crippen LogP contribution in [0.15, 0.2) is 54.9 Å². The molecule has 1 aromatic carbocycles. The largest absolute Gasteiger partial charge is 1.00 e. The number of nitrogens with zero attached hydrogens (tertiary/aromatic N) is 1. The summed E-state index contributed by atoms with van der Waals surface area (Å²) < 4.78 is 0. The number of nitrogens with two attached hydrogens (primary N) is 1. The molecule has 2 aromatic rings. The predicted molar refractivity (Wildman–Crippen MR) is 89.4 cm³/mol. The van der Waals surface area contributed by atoms with Gasteiger partial charge in [-0.15, -0.1) is 0 Å². The molecule has 0 amide bonds. The molecule has 4 nitrogen and oxygen atoms in total. The summed E-state index contributed by atoms with van der Waals surface area (Å²) >= 11 is 0. The van der Waals surface area contributed by atoms with Gasteiger partial charge in [-0.1, -0.05) is 50.3 Å². The van der Waals surface area contributed by atoms with Gasteiger partial charge in [0.25, 0.3) is 0 Å². The molecule has 1 atom stereocenters. The van der Waals surface area contributed by atoms with Gasteiger partial charge in [-0.25, -0.2) is 0 Å². The molecule has 0 saturated carbocycles. The standard InChI is InChI=1S/C19H22N2O2.Na/c1-13(2)14-5-7-15(8-6-14)17(9-10-18(20)19(22)23)16-4-3-11-21-12-16;/h3-9,11-13,18H,10,20H2,1-2H3,(H,22,23);/q;+1/p-1/b17-9-;. The summed E-state index contributed by atoms with van der Waals surface area (Å²) in [6.45, 7) is 4.29. The van der Waals surface area contributed by atoms with Gasteiger partial charge in [0.15, 0.2) is 0 Å². The van der Waals surface area contributed by atoms with Crippen molar-refractivity contribution >= 4 is 11.5 Å². The van der Waals surface area contributed by atoms with E-state index in [1.807, 2.05) is 30.3 Å². The maximum absolute atomic E-state index is 10.8. The van der Waals surface area contributed by atoms with Crippen molar-refractivity contribution in [2.45, 2.75) is 32.2 Å². The zero-order valence-electron chi connectivity index (χ0n) is 14.4. The van der Waals surface area contributed by atoms with Gasteiger partial charge in [0, 0.05) is 24.0 Å². The van der Waals surface area contributed by atoms with Crippen LogP contribution in [0.5, 0.6) is 0 Å². The number of hydrogen-bond acceptors (Lipinski definition) is 4. The van der Waals surface area contributed by atoms with Crippen molar-refractivity contribution < 1.29 is 39.5 Å². The van der Waals surface area contributed by atoms with Crippen molar-refractivity contribution in [2.24, 2.45) is 5.73 Å². The zero-order chi connectivity index (χ0) is 16.8. The molecule has 2 N–H and O–H groups in total. The number of aliphatic carboxylic acids is 1. The van der Waals surface area contributed by atoms with Crippen molar-refractivity contribution in [1.29, 1.82) is 0 Å². The summed E-state index contributed by atoms with van der Waals surface area (Å²) in [4.78, 5) is 15.0. The van der Waals surface area contributed by atoms with Gasteiger partial charge in [-0.2, -0.15) is 0 Å². The molecule has 24 heavy (non-hydrogen) atoms. The monoisotopic (exact) mass is 332 g/mol. The second-order valence-corrected chi connectivity index (χ2v) is 5.80. The molecule has 1 aromatic heterocycles. The molecule has 0 fully saturated rings. The second kappa shape index (κ2) is 9.74. The normalized spacial score (nSPS) is 12.6. The van der Waals surface area contributed by atoms with Crippen molar-refractivity contribution in [3.8, 4) is 0 Å². The van der Waals surface area contributed by atoms with Gasteiger partial charge in [0.1, 0.15) is 0 Å². The Morgan fingerprint density at radius 3 is 2.38 bits per heavy atom. The minimum Gasteiger partial charge on any atom is -0.548 e. The topological polar surface area (TPSA) is 79.0 Å². The van der Waals surface area contributed by atoms with Crippen LogP contribution in [-0.4, -0.2) is 17.0 Å². The molecule has 0 saturated heterocycles. The third kappa shape index (κ3) is 5.56. The Kier molecular flexibility index (Phi) is 8.36. The third-order valence-corrected chi connectivity index (χ3v) is 3.74. The van der Waals surface area contributed by atoms with Crippen LogP contribution in [-0.2, 0) is 4.79 Å². The van der Waals surface area contributed by atoms with E-state index < -0.39 is 12.0 Å². The van der Waals surface area contributed by atoms with Crippen LogP contribution < -0.4 is 40.4 Å². The Hall–Kier alpha value is -1.46. The summed E-state index contributed by atoms with van der Waals surface area (Å²) in [6, 6.07) is 11.0. The smallest absolute Gasteiger partial charge is 0.548 e. The molecule has 0 bridgehead atoms. The molecule has 1 unspecified atom stereocenters. The summed E-state index contributed by atoms with van der Waals surface area (Å²) in [6.07, 6.45) is 5.50. The number of rotatable bonds is 6. The van der Waals surface area contributed by atoms with Crippen LogP contribution in [0.25, 0.3) is 5.57 Å². The second-order valence-electron chi connectivity index (χ2n) is 5.80. The molecule has 120 valence electrons. The average molecular weight is 332 g/mol. The average Bonchev–Trinajstić information content (AvgIpc) is 2.56. The fourth-order valence-corrected chi connectivity index (χ4v) is 2.31. The van der Waals surface area contributed by atoms with Crippen LogP contribution in [0.3, 0.4) is 0 Å². The molecule has 1 heterocycles. The number of carboxylic acid groups (broad SMARTS) is 1. The number of pyridine rings is 1. The van der Waals surface area contributed by atoms with Gasteiger partial charge in [0.05, 0.1) is 5.97 Å². The Morgan fingerprint density at radius 2 is 1.88 bits per heavy atom. The molecule has 0 aliphatic heterocycles. The van der Waals surface area contributed by atoms with E-state index in [9.17, 15) is 9.90 Å². The van der Waals surface area contributed by atoms with Crippen LogP contribution in [0.4, 0.5) is 0 Å². The molecule has 2 rings (SSSR count).